The Morgan fingerprint density at radius 3 is 2.45 bits per heavy atom. The average molecular weight is 394 g/mol. The first kappa shape index (κ1) is 21.3. The summed E-state index contributed by atoms with van der Waals surface area (Å²) >= 11 is 0. The Morgan fingerprint density at radius 1 is 0.828 bits per heavy atom. The molecule has 0 aliphatic carbocycles. The van der Waals surface area contributed by atoms with Crippen molar-refractivity contribution in [1.82, 2.24) is 5.32 Å². The van der Waals surface area contributed by atoms with Crippen molar-refractivity contribution in [2.45, 2.75) is 58.6 Å². The van der Waals surface area contributed by atoms with E-state index in [-0.39, 0.29) is 12.4 Å². The van der Waals surface area contributed by atoms with E-state index in [2.05, 4.69) is 42.6 Å². The van der Waals surface area contributed by atoms with Gasteiger partial charge in [-0.2, -0.15) is 0 Å². The van der Waals surface area contributed by atoms with Gasteiger partial charge in [-0.15, -0.1) is 0 Å². The van der Waals surface area contributed by atoms with E-state index in [0.29, 0.717) is 5.56 Å². The predicted octanol–water partition coefficient (Wildman–Crippen LogP) is 7.01. The normalized spacial score (nSPS) is 11.1. The number of benzene rings is 3. The lowest BCUT2D eigenvalue weighted by atomic mass is 10.0. The molecule has 154 valence electrons. The molecule has 0 radical (unpaired) electrons. The summed E-state index contributed by atoms with van der Waals surface area (Å²) in [6.45, 7) is 4.23. The number of halogens is 1. The number of unbranched alkanes of at least 4 members (excludes halogenated alkanes) is 5. The number of fused-ring (bicyclic) bond motifs is 1. The summed E-state index contributed by atoms with van der Waals surface area (Å²) in [4.78, 5) is 0. The second-order valence-electron chi connectivity index (χ2n) is 7.59. The van der Waals surface area contributed by atoms with Crippen LogP contribution in [0.3, 0.4) is 0 Å². The zero-order valence-corrected chi connectivity index (χ0v) is 17.4. The maximum absolute atomic E-state index is 14.0. The smallest absolute Gasteiger partial charge is 0.129 e. The molecule has 3 aromatic carbocycles. The van der Waals surface area contributed by atoms with Gasteiger partial charge in [0.15, 0.2) is 0 Å². The van der Waals surface area contributed by atoms with Crippen molar-refractivity contribution in [3.8, 4) is 5.75 Å². The Balaban J connectivity index is 1.64. The zero-order chi connectivity index (χ0) is 20.3. The van der Waals surface area contributed by atoms with Crippen LogP contribution in [-0.2, 0) is 13.2 Å². The Kier molecular flexibility index (Phi) is 8.51. The maximum Gasteiger partial charge on any atom is 0.129 e. The lowest BCUT2D eigenvalue weighted by Crippen LogP contribution is -2.16. The van der Waals surface area contributed by atoms with Gasteiger partial charge >= 0.3 is 0 Å². The molecule has 2 nitrogen and oxygen atoms in total. The molecule has 0 amide bonds. The highest BCUT2D eigenvalue weighted by Crippen LogP contribution is 2.29. The molecule has 0 fully saturated rings. The van der Waals surface area contributed by atoms with E-state index in [1.807, 2.05) is 12.1 Å². The molecule has 0 aliphatic rings. The summed E-state index contributed by atoms with van der Waals surface area (Å²) < 4.78 is 20.0. The van der Waals surface area contributed by atoms with E-state index in [0.717, 1.165) is 24.4 Å². The molecule has 0 bridgehead atoms. The molecule has 3 aromatic rings. The van der Waals surface area contributed by atoms with E-state index in [1.165, 1.54) is 55.4 Å². The van der Waals surface area contributed by atoms with Gasteiger partial charge in [-0.1, -0.05) is 87.6 Å². The van der Waals surface area contributed by atoms with Gasteiger partial charge in [0, 0.05) is 17.7 Å². The second kappa shape index (κ2) is 11.6. The minimum Gasteiger partial charge on any atom is -0.488 e. The molecule has 0 aliphatic heterocycles. The number of hydrogen-bond donors (Lipinski definition) is 1. The molecule has 0 aromatic heterocycles. The number of rotatable bonds is 12. The summed E-state index contributed by atoms with van der Waals surface area (Å²) in [5.74, 6) is 0.596. The van der Waals surface area contributed by atoms with Crippen LogP contribution >= 0.6 is 0 Å². The molecule has 0 saturated carbocycles. The van der Waals surface area contributed by atoms with Crippen LogP contribution in [0.1, 0.15) is 56.6 Å². The largest absolute Gasteiger partial charge is 0.488 e. The van der Waals surface area contributed by atoms with Gasteiger partial charge in [0.1, 0.15) is 18.2 Å². The number of ether oxygens (including phenoxy) is 1. The van der Waals surface area contributed by atoms with Crippen molar-refractivity contribution in [1.29, 1.82) is 0 Å². The van der Waals surface area contributed by atoms with Crippen LogP contribution in [0.2, 0.25) is 0 Å². The Bertz CT molecular complexity index is 893. The van der Waals surface area contributed by atoms with Crippen LogP contribution in [0, 0.1) is 5.82 Å². The van der Waals surface area contributed by atoms with Crippen molar-refractivity contribution in [2.75, 3.05) is 6.54 Å². The number of nitrogens with one attached hydrogen (secondary N) is 1. The topological polar surface area (TPSA) is 21.3 Å². The lowest BCUT2D eigenvalue weighted by Gasteiger charge is -2.15. The fourth-order valence-corrected chi connectivity index (χ4v) is 3.65. The molecular weight excluding hydrogens is 361 g/mol. The van der Waals surface area contributed by atoms with Crippen molar-refractivity contribution in [3.63, 3.8) is 0 Å². The highest BCUT2D eigenvalue weighted by atomic mass is 19.1. The fourth-order valence-electron chi connectivity index (χ4n) is 3.65. The predicted molar refractivity (Wildman–Crippen MR) is 120 cm³/mol. The number of hydrogen-bond acceptors (Lipinski definition) is 2. The first-order valence-electron chi connectivity index (χ1n) is 10.9. The first-order valence-corrected chi connectivity index (χ1v) is 10.9. The zero-order valence-electron chi connectivity index (χ0n) is 17.4. The Labute approximate surface area is 174 Å². The summed E-state index contributed by atoms with van der Waals surface area (Å²) in [6.07, 6.45) is 7.76. The van der Waals surface area contributed by atoms with Crippen LogP contribution in [0.15, 0.2) is 60.7 Å². The SMILES string of the molecule is CCCCCCCCNCc1c(OCc2ccccc2F)ccc2ccccc12. The quantitative estimate of drug-likeness (QED) is 0.334. The summed E-state index contributed by atoms with van der Waals surface area (Å²) in [7, 11) is 0. The van der Waals surface area contributed by atoms with Gasteiger partial charge in [0.25, 0.3) is 0 Å². The third-order valence-corrected chi connectivity index (χ3v) is 5.35. The average Bonchev–Trinajstić information content (AvgIpc) is 2.75. The van der Waals surface area contributed by atoms with Gasteiger partial charge in [-0.05, 0) is 35.9 Å². The minimum absolute atomic E-state index is 0.226. The van der Waals surface area contributed by atoms with Crippen LogP contribution in [0.5, 0.6) is 5.75 Å². The molecule has 0 heterocycles. The van der Waals surface area contributed by atoms with Crippen LogP contribution in [0.25, 0.3) is 10.8 Å². The van der Waals surface area contributed by atoms with Crippen molar-refractivity contribution >= 4 is 10.8 Å². The van der Waals surface area contributed by atoms with E-state index in [1.54, 1.807) is 12.1 Å². The van der Waals surface area contributed by atoms with Crippen molar-refractivity contribution in [2.24, 2.45) is 0 Å². The molecule has 3 rings (SSSR count). The highest BCUT2D eigenvalue weighted by molar-refractivity contribution is 5.87. The monoisotopic (exact) mass is 393 g/mol. The van der Waals surface area contributed by atoms with Gasteiger partial charge in [0.2, 0.25) is 0 Å². The van der Waals surface area contributed by atoms with E-state index >= 15 is 0 Å². The molecular formula is C26H32FNO. The maximum atomic E-state index is 14.0. The summed E-state index contributed by atoms with van der Waals surface area (Å²) in [5.41, 5.74) is 1.72. The first-order chi connectivity index (χ1) is 14.3. The van der Waals surface area contributed by atoms with Crippen LogP contribution < -0.4 is 10.1 Å². The standard InChI is InChI=1S/C26H32FNO/c1-2-3-4-5-6-11-18-28-19-24-23-14-9-7-12-21(23)16-17-26(24)29-20-22-13-8-10-15-25(22)27/h7-10,12-17,28H,2-6,11,18-20H2,1H3. The Morgan fingerprint density at radius 2 is 1.59 bits per heavy atom. The van der Waals surface area contributed by atoms with E-state index in [4.69, 9.17) is 4.74 Å². The highest BCUT2D eigenvalue weighted by Gasteiger charge is 2.10. The molecule has 0 saturated heterocycles. The molecule has 3 heteroatoms. The van der Waals surface area contributed by atoms with E-state index in [9.17, 15) is 4.39 Å². The Hall–Kier alpha value is -2.39. The van der Waals surface area contributed by atoms with Crippen molar-refractivity contribution in [3.05, 3.63) is 77.6 Å². The van der Waals surface area contributed by atoms with Gasteiger partial charge in [-0.25, -0.2) is 4.39 Å². The lowest BCUT2D eigenvalue weighted by molar-refractivity contribution is 0.296. The molecule has 29 heavy (non-hydrogen) atoms. The van der Waals surface area contributed by atoms with Crippen LogP contribution in [0.4, 0.5) is 4.39 Å². The molecule has 0 spiro atoms. The van der Waals surface area contributed by atoms with Gasteiger partial charge in [-0.3, -0.25) is 0 Å². The van der Waals surface area contributed by atoms with E-state index < -0.39 is 0 Å². The molecule has 1 N–H and O–H groups in total. The van der Waals surface area contributed by atoms with Gasteiger partial charge < -0.3 is 10.1 Å². The fraction of sp³-hybridized carbons (Fsp3) is 0.385. The summed E-state index contributed by atoms with van der Waals surface area (Å²) in [5, 5.41) is 5.97. The third kappa shape index (κ3) is 6.30. The van der Waals surface area contributed by atoms with Crippen molar-refractivity contribution < 1.29 is 9.13 Å². The molecule has 0 unspecified atom stereocenters. The minimum atomic E-state index is -0.226. The second-order valence-corrected chi connectivity index (χ2v) is 7.59. The van der Waals surface area contributed by atoms with Gasteiger partial charge in [0.05, 0.1) is 0 Å². The summed E-state index contributed by atoms with van der Waals surface area (Å²) in [6, 6.07) is 19.2. The third-order valence-electron chi connectivity index (χ3n) is 5.35. The molecule has 0 atom stereocenters. The van der Waals surface area contributed by atoms with Crippen LogP contribution in [-0.4, -0.2) is 6.54 Å².